The molecule has 1 aliphatic carbocycles. The second-order valence-electron chi connectivity index (χ2n) is 8.36. The van der Waals surface area contributed by atoms with Crippen LogP contribution < -0.4 is 20.1 Å². The van der Waals surface area contributed by atoms with Crippen molar-refractivity contribution in [2.45, 2.75) is 38.5 Å². The molecule has 0 radical (unpaired) electrons. The zero-order valence-corrected chi connectivity index (χ0v) is 19.4. The Morgan fingerprint density at radius 1 is 1.00 bits per heavy atom. The van der Waals surface area contributed by atoms with Gasteiger partial charge >= 0.3 is 0 Å². The minimum atomic E-state index is -0.704. The van der Waals surface area contributed by atoms with Crippen molar-refractivity contribution in [3.05, 3.63) is 89.0 Å². The van der Waals surface area contributed by atoms with E-state index in [0.29, 0.717) is 37.2 Å². The molecule has 0 saturated carbocycles. The number of ether oxygens (including phenoxy) is 2. The Kier molecular flexibility index (Phi) is 8.12. The highest BCUT2D eigenvalue weighted by molar-refractivity contribution is 5.96. The van der Waals surface area contributed by atoms with Gasteiger partial charge < -0.3 is 25.2 Å². The van der Waals surface area contributed by atoms with E-state index >= 15 is 0 Å². The normalized spacial score (nSPS) is 13.8. The number of amides is 1. The van der Waals surface area contributed by atoms with Gasteiger partial charge in [0, 0.05) is 25.2 Å². The van der Waals surface area contributed by atoms with Crippen LogP contribution in [-0.2, 0) is 19.4 Å². The fraction of sp³-hybridized carbons (Fsp3) is 0.333. The highest BCUT2D eigenvalue weighted by Gasteiger charge is 2.22. The molecule has 1 aliphatic rings. The monoisotopic (exact) mass is 461 g/mol. The van der Waals surface area contributed by atoms with Crippen LogP contribution in [0.3, 0.4) is 0 Å². The number of aromatic nitrogens is 1. The molecule has 7 nitrogen and oxygen atoms in total. The number of carbonyl (C=O) groups excluding carboxylic acids is 1. The molecule has 0 aliphatic heterocycles. The Morgan fingerprint density at radius 2 is 1.71 bits per heavy atom. The average molecular weight is 462 g/mol. The molecule has 0 spiro atoms. The summed E-state index contributed by atoms with van der Waals surface area (Å²) in [6.45, 7) is 3.10. The Morgan fingerprint density at radius 3 is 2.41 bits per heavy atom. The first-order chi connectivity index (χ1) is 16.6. The van der Waals surface area contributed by atoms with Crippen molar-refractivity contribution < 1.29 is 19.4 Å². The van der Waals surface area contributed by atoms with Gasteiger partial charge in [0.25, 0.3) is 5.91 Å². The number of benzene rings is 2. The molecule has 1 aromatic heterocycles. The molecule has 2 aromatic carbocycles. The Labute approximate surface area is 200 Å². The summed E-state index contributed by atoms with van der Waals surface area (Å²) >= 11 is 0. The molecule has 1 heterocycles. The molecule has 1 atom stereocenters. The summed E-state index contributed by atoms with van der Waals surface area (Å²) in [6.07, 6.45) is 1.21. The van der Waals surface area contributed by atoms with Crippen LogP contribution in [0.4, 0.5) is 0 Å². The standard InChI is InChI=1S/C27H31N3O4/c1-2-33-27-24(12-13-25(30-27)34-18-19-8-4-3-5-9-19)26(32)29-17-23(31)16-28-22-14-20-10-6-7-11-21(20)15-22/h3-13,22-23,28,31H,2,14-18H2,1H3,(H,29,32)/t23-/m0/s1. The second-order valence-corrected chi connectivity index (χ2v) is 8.36. The largest absolute Gasteiger partial charge is 0.477 e. The van der Waals surface area contributed by atoms with Crippen molar-refractivity contribution in [1.29, 1.82) is 0 Å². The number of aliphatic hydroxyl groups excluding tert-OH is 1. The molecule has 3 aromatic rings. The van der Waals surface area contributed by atoms with Crippen molar-refractivity contribution in [2.75, 3.05) is 19.7 Å². The molecule has 3 N–H and O–H groups in total. The van der Waals surface area contributed by atoms with E-state index in [-0.39, 0.29) is 18.3 Å². The number of pyridine rings is 1. The minimum Gasteiger partial charge on any atom is -0.477 e. The van der Waals surface area contributed by atoms with Gasteiger partial charge in [0.15, 0.2) is 0 Å². The second kappa shape index (κ2) is 11.6. The van der Waals surface area contributed by atoms with Crippen molar-refractivity contribution in [2.24, 2.45) is 0 Å². The van der Waals surface area contributed by atoms with E-state index < -0.39 is 6.10 Å². The number of nitrogens with one attached hydrogen (secondary N) is 2. The maximum absolute atomic E-state index is 12.7. The van der Waals surface area contributed by atoms with E-state index in [0.717, 1.165) is 18.4 Å². The first-order valence-corrected chi connectivity index (χ1v) is 11.7. The van der Waals surface area contributed by atoms with Gasteiger partial charge in [-0.15, -0.1) is 0 Å². The molecular formula is C27H31N3O4. The number of hydrogen-bond acceptors (Lipinski definition) is 6. The van der Waals surface area contributed by atoms with E-state index in [1.165, 1.54) is 11.1 Å². The third kappa shape index (κ3) is 6.34. The fourth-order valence-corrected chi connectivity index (χ4v) is 4.04. The zero-order chi connectivity index (χ0) is 23.8. The molecule has 0 fully saturated rings. The SMILES string of the molecule is CCOc1nc(OCc2ccccc2)ccc1C(=O)NC[C@@H](O)CNC1Cc2ccccc2C1. The number of rotatable bonds is 11. The van der Waals surface area contributed by atoms with Crippen molar-refractivity contribution in [3.8, 4) is 11.8 Å². The molecule has 7 heteroatoms. The van der Waals surface area contributed by atoms with Gasteiger partial charge in [-0.25, -0.2) is 0 Å². The smallest absolute Gasteiger partial charge is 0.256 e. The van der Waals surface area contributed by atoms with Crippen LogP contribution in [0.5, 0.6) is 11.8 Å². The summed E-state index contributed by atoms with van der Waals surface area (Å²) in [4.78, 5) is 17.1. The van der Waals surface area contributed by atoms with Crippen molar-refractivity contribution in [1.82, 2.24) is 15.6 Å². The predicted molar refractivity (Wildman–Crippen MR) is 130 cm³/mol. The maximum Gasteiger partial charge on any atom is 0.256 e. The molecule has 0 saturated heterocycles. The highest BCUT2D eigenvalue weighted by atomic mass is 16.5. The number of fused-ring (bicyclic) bond motifs is 1. The van der Waals surface area contributed by atoms with Gasteiger partial charge in [-0.05, 0) is 42.5 Å². The summed E-state index contributed by atoms with van der Waals surface area (Å²) in [5.41, 5.74) is 4.04. The first-order valence-electron chi connectivity index (χ1n) is 11.7. The van der Waals surface area contributed by atoms with Crippen molar-refractivity contribution in [3.63, 3.8) is 0 Å². The van der Waals surface area contributed by atoms with E-state index in [1.54, 1.807) is 12.1 Å². The van der Waals surface area contributed by atoms with Crippen molar-refractivity contribution >= 4 is 5.91 Å². The Balaban J connectivity index is 1.26. The first kappa shape index (κ1) is 23.7. The predicted octanol–water partition coefficient (Wildman–Crippen LogP) is 2.91. The topological polar surface area (TPSA) is 92.7 Å². The molecule has 4 rings (SSSR count). The zero-order valence-electron chi connectivity index (χ0n) is 19.4. The minimum absolute atomic E-state index is 0.128. The van der Waals surface area contributed by atoms with Crippen LogP contribution in [0.15, 0.2) is 66.7 Å². The van der Waals surface area contributed by atoms with Crippen LogP contribution in [0, 0.1) is 0 Å². The molecule has 178 valence electrons. The van der Waals surface area contributed by atoms with E-state index in [4.69, 9.17) is 9.47 Å². The average Bonchev–Trinajstić information content (AvgIpc) is 3.29. The molecule has 0 unspecified atom stereocenters. The third-order valence-electron chi connectivity index (χ3n) is 5.78. The lowest BCUT2D eigenvalue weighted by Crippen LogP contribution is -2.41. The van der Waals surface area contributed by atoms with Crippen LogP contribution in [0.1, 0.15) is 34.0 Å². The van der Waals surface area contributed by atoms with E-state index in [2.05, 4.69) is 39.9 Å². The summed E-state index contributed by atoms with van der Waals surface area (Å²) in [6, 6.07) is 21.8. The van der Waals surface area contributed by atoms with Crippen LogP contribution in [0.2, 0.25) is 0 Å². The Hall–Kier alpha value is -3.42. The number of hydrogen-bond donors (Lipinski definition) is 3. The van der Waals surface area contributed by atoms with E-state index in [9.17, 15) is 9.90 Å². The lowest BCUT2D eigenvalue weighted by atomic mass is 10.1. The number of aliphatic hydroxyl groups is 1. The third-order valence-corrected chi connectivity index (χ3v) is 5.78. The summed E-state index contributed by atoms with van der Waals surface area (Å²) in [7, 11) is 0. The summed E-state index contributed by atoms with van der Waals surface area (Å²) in [5.74, 6) is 0.241. The van der Waals surface area contributed by atoms with Crippen LogP contribution in [0.25, 0.3) is 0 Å². The molecule has 34 heavy (non-hydrogen) atoms. The summed E-state index contributed by atoms with van der Waals surface area (Å²) < 4.78 is 11.3. The lowest BCUT2D eigenvalue weighted by Gasteiger charge is -2.17. The fourth-order valence-electron chi connectivity index (χ4n) is 4.04. The number of nitrogens with zero attached hydrogens (tertiary/aromatic N) is 1. The van der Waals surface area contributed by atoms with Gasteiger partial charge in [-0.3, -0.25) is 4.79 Å². The molecule has 1 amide bonds. The van der Waals surface area contributed by atoms with Gasteiger partial charge in [-0.2, -0.15) is 4.98 Å². The van der Waals surface area contributed by atoms with E-state index in [1.807, 2.05) is 37.3 Å². The van der Waals surface area contributed by atoms with Gasteiger partial charge in [-0.1, -0.05) is 54.6 Å². The quantitative estimate of drug-likeness (QED) is 0.407. The highest BCUT2D eigenvalue weighted by Crippen LogP contribution is 2.22. The molecular weight excluding hydrogens is 430 g/mol. The lowest BCUT2D eigenvalue weighted by molar-refractivity contribution is 0.0909. The summed E-state index contributed by atoms with van der Waals surface area (Å²) in [5, 5.41) is 16.6. The van der Waals surface area contributed by atoms with Crippen LogP contribution >= 0.6 is 0 Å². The maximum atomic E-state index is 12.7. The Bertz CT molecular complexity index is 1070. The molecule has 0 bridgehead atoms. The number of carbonyl (C=O) groups is 1. The van der Waals surface area contributed by atoms with Gasteiger partial charge in [0.05, 0.1) is 12.7 Å². The van der Waals surface area contributed by atoms with Gasteiger partial charge in [0.1, 0.15) is 12.2 Å². The van der Waals surface area contributed by atoms with Crippen LogP contribution in [-0.4, -0.2) is 47.8 Å². The van der Waals surface area contributed by atoms with Gasteiger partial charge in [0.2, 0.25) is 11.8 Å².